The molecule has 0 radical (unpaired) electrons. The summed E-state index contributed by atoms with van der Waals surface area (Å²) in [6, 6.07) is 12.0. The van der Waals surface area contributed by atoms with E-state index in [0.29, 0.717) is 22.1 Å². The number of carbonyl (C=O) groups excluding carboxylic acids is 3. The molecule has 0 atom stereocenters. The van der Waals surface area contributed by atoms with Crippen molar-refractivity contribution in [2.45, 2.75) is 40.7 Å². The average Bonchev–Trinajstić information content (AvgIpc) is 3.23. The Balaban J connectivity index is 1.69. The molecule has 34 heavy (non-hydrogen) atoms. The first-order valence-electron chi connectivity index (χ1n) is 10.5. The van der Waals surface area contributed by atoms with Gasteiger partial charge in [-0.15, -0.1) is 11.3 Å². The molecule has 3 aromatic rings. The van der Waals surface area contributed by atoms with E-state index in [-0.39, 0.29) is 18.9 Å². The molecule has 2 amide bonds. The standard InChI is InChI=1S/C25H24N4O4S/c1-15-11-16(2)23(17(3)12-15)29(18(4)30)25-28-21(14-34-25)13-33-24(32)19-5-7-20(8-6-19)27-22(31)9-10-26/h5-8,11-12,14H,9,13H2,1-4H3,(H,27,31). The molecule has 0 saturated heterocycles. The number of nitriles is 1. The van der Waals surface area contributed by atoms with Gasteiger partial charge in [0.2, 0.25) is 11.8 Å². The molecule has 0 aliphatic carbocycles. The van der Waals surface area contributed by atoms with Crippen molar-refractivity contribution < 1.29 is 19.1 Å². The summed E-state index contributed by atoms with van der Waals surface area (Å²) >= 11 is 1.30. The average molecular weight is 477 g/mol. The van der Waals surface area contributed by atoms with Crippen LogP contribution in [0.25, 0.3) is 0 Å². The molecule has 0 bridgehead atoms. The van der Waals surface area contributed by atoms with Gasteiger partial charge in [0.05, 0.1) is 23.0 Å². The summed E-state index contributed by atoms with van der Waals surface area (Å²) < 4.78 is 5.37. The summed E-state index contributed by atoms with van der Waals surface area (Å²) in [7, 11) is 0. The first-order valence-corrected chi connectivity index (χ1v) is 11.3. The van der Waals surface area contributed by atoms with Gasteiger partial charge < -0.3 is 10.1 Å². The number of thiazole rings is 1. The van der Waals surface area contributed by atoms with Crippen molar-refractivity contribution in [2.75, 3.05) is 10.2 Å². The minimum atomic E-state index is -0.543. The maximum Gasteiger partial charge on any atom is 0.338 e. The molecule has 0 fully saturated rings. The Kier molecular flexibility index (Phi) is 7.76. The molecule has 1 heterocycles. The number of esters is 1. The number of ether oxygens (including phenoxy) is 1. The lowest BCUT2D eigenvalue weighted by molar-refractivity contribution is -0.116. The fraction of sp³-hybridized carbons (Fsp3) is 0.240. The lowest BCUT2D eigenvalue weighted by Gasteiger charge is -2.23. The Morgan fingerprint density at radius 2 is 1.76 bits per heavy atom. The van der Waals surface area contributed by atoms with Crippen molar-refractivity contribution in [1.82, 2.24) is 4.98 Å². The summed E-state index contributed by atoms with van der Waals surface area (Å²) in [5, 5.41) is 13.4. The van der Waals surface area contributed by atoms with Gasteiger partial charge in [-0.25, -0.2) is 9.78 Å². The molecule has 0 aliphatic heterocycles. The van der Waals surface area contributed by atoms with Crippen molar-refractivity contribution in [3.05, 3.63) is 69.7 Å². The normalized spacial score (nSPS) is 10.3. The molecular weight excluding hydrogens is 452 g/mol. The number of carbonyl (C=O) groups is 3. The van der Waals surface area contributed by atoms with Gasteiger partial charge in [-0.1, -0.05) is 17.7 Å². The van der Waals surface area contributed by atoms with Crippen LogP contribution in [-0.2, 0) is 20.9 Å². The highest BCUT2D eigenvalue weighted by atomic mass is 32.1. The van der Waals surface area contributed by atoms with Crippen LogP contribution in [0.1, 0.15) is 46.1 Å². The Morgan fingerprint density at radius 3 is 2.35 bits per heavy atom. The number of nitrogens with zero attached hydrogens (tertiary/aromatic N) is 3. The lowest BCUT2D eigenvalue weighted by atomic mass is 10.0. The quantitative estimate of drug-likeness (QED) is 0.482. The molecule has 3 rings (SSSR count). The molecule has 0 unspecified atom stereocenters. The zero-order chi connectivity index (χ0) is 24.8. The monoisotopic (exact) mass is 476 g/mol. The third-order valence-electron chi connectivity index (χ3n) is 4.90. The van der Waals surface area contributed by atoms with Crippen molar-refractivity contribution in [3.8, 4) is 6.07 Å². The van der Waals surface area contributed by atoms with Crippen LogP contribution in [-0.4, -0.2) is 22.8 Å². The first-order chi connectivity index (χ1) is 16.2. The van der Waals surface area contributed by atoms with Crippen molar-refractivity contribution in [3.63, 3.8) is 0 Å². The molecule has 0 spiro atoms. The van der Waals surface area contributed by atoms with Crippen LogP contribution >= 0.6 is 11.3 Å². The molecular formula is C25H24N4O4S. The molecule has 174 valence electrons. The Labute approximate surface area is 201 Å². The lowest BCUT2D eigenvalue weighted by Crippen LogP contribution is -2.24. The fourth-order valence-electron chi connectivity index (χ4n) is 3.57. The van der Waals surface area contributed by atoms with Gasteiger partial charge in [-0.2, -0.15) is 5.26 Å². The van der Waals surface area contributed by atoms with Crippen molar-refractivity contribution >= 4 is 45.6 Å². The van der Waals surface area contributed by atoms with Gasteiger partial charge in [0.15, 0.2) is 5.13 Å². The largest absolute Gasteiger partial charge is 0.456 e. The maximum atomic E-state index is 12.5. The fourth-order valence-corrected chi connectivity index (χ4v) is 4.43. The second-order valence-electron chi connectivity index (χ2n) is 7.76. The number of rotatable bonds is 7. The third kappa shape index (κ3) is 5.85. The minimum Gasteiger partial charge on any atom is -0.456 e. The Morgan fingerprint density at radius 1 is 1.12 bits per heavy atom. The molecule has 1 N–H and O–H groups in total. The summed E-state index contributed by atoms with van der Waals surface area (Å²) in [4.78, 5) is 42.5. The summed E-state index contributed by atoms with van der Waals surface area (Å²) in [5.41, 5.74) is 5.19. The van der Waals surface area contributed by atoms with E-state index >= 15 is 0 Å². The number of hydrogen-bond acceptors (Lipinski definition) is 7. The SMILES string of the molecule is CC(=O)N(c1nc(COC(=O)c2ccc(NC(=O)CC#N)cc2)cs1)c1c(C)cc(C)cc1C. The molecule has 0 aliphatic rings. The molecule has 8 nitrogen and oxygen atoms in total. The van der Waals surface area contributed by atoms with Crippen LogP contribution in [0.3, 0.4) is 0 Å². The van der Waals surface area contributed by atoms with Gasteiger partial charge in [0, 0.05) is 18.0 Å². The zero-order valence-electron chi connectivity index (χ0n) is 19.3. The van der Waals surface area contributed by atoms with E-state index < -0.39 is 11.9 Å². The molecule has 0 saturated carbocycles. The van der Waals surface area contributed by atoms with Crippen LogP contribution in [0.4, 0.5) is 16.5 Å². The predicted octanol–water partition coefficient (Wildman–Crippen LogP) is 4.96. The topological polar surface area (TPSA) is 112 Å². The van der Waals surface area contributed by atoms with Crippen LogP contribution in [0.5, 0.6) is 0 Å². The number of nitrogens with one attached hydrogen (secondary N) is 1. The van der Waals surface area contributed by atoms with Crippen LogP contribution in [0.2, 0.25) is 0 Å². The van der Waals surface area contributed by atoms with E-state index in [1.807, 2.05) is 32.9 Å². The van der Waals surface area contributed by atoms with E-state index in [9.17, 15) is 14.4 Å². The van der Waals surface area contributed by atoms with E-state index in [0.717, 1.165) is 22.4 Å². The van der Waals surface area contributed by atoms with E-state index in [1.54, 1.807) is 28.5 Å². The Hall–Kier alpha value is -4.03. The number of aryl methyl sites for hydroxylation is 3. The maximum absolute atomic E-state index is 12.5. The number of hydrogen-bond donors (Lipinski definition) is 1. The summed E-state index contributed by atoms with van der Waals surface area (Å²) in [6.07, 6.45) is -0.246. The highest BCUT2D eigenvalue weighted by molar-refractivity contribution is 7.14. The van der Waals surface area contributed by atoms with Gasteiger partial charge in [-0.3, -0.25) is 14.5 Å². The summed E-state index contributed by atoms with van der Waals surface area (Å²) in [6.45, 7) is 7.37. The molecule has 1 aromatic heterocycles. The van der Waals surface area contributed by atoms with Gasteiger partial charge in [0.1, 0.15) is 13.0 Å². The van der Waals surface area contributed by atoms with E-state index in [1.165, 1.54) is 30.4 Å². The number of amides is 2. The highest BCUT2D eigenvalue weighted by Crippen LogP contribution is 2.34. The second kappa shape index (κ2) is 10.7. The summed E-state index contributed by atoms with van der Waals surface area (Å²) in [5.74, 6) is -1.12. The van der Waals surface area contributed by atoms with Crippen LogP contribution in [0.15, 0.2) is 41.8 Å². The first kappa shape index (κ1) is 24.6. The third-order valence-corrected chi connectivity index (χ3v) is 5.77. The Bertz CT molecular complexity index is 1250. The predicted molar refractivity (Wildman–Crippen MR) is 130 cm³/mol. The van der Waals surface area contributed by atoms with Gasteiger partial charge >= 0.3 is 5.97 Å². The van der Waals surface area contributed by atoms with Gasteiger partial charge in [-0.05, 0) is 56.2 Å². The van der Waals surface area contributed by atoms with Crippen LogP contribution in [0, 0.1) is 32.1 Å². The number of benzene rings is 2. The van der Waals surface area contributed by atoms with Gasteiger partial charge in [0.25, 0.3) is 0 Å². The minimum absolute atomic E-state index is 0.0480. The highest BCUT2D eigenvalue weighted by Gasteiger charge is 2.22. The number of aromatic nitrogens is 1. The van der Waals surface area contributed by atoms with Crippen molar-refractivity contribution in [1.29, 1.82) is 5.26 Å². The zero-order valence-corrected chi connectivity index (χ0v) is 20.2. The smallest absolute Gasteiger partial charge is 0.338 e. The van der Waals surface area contributed by atoms with Crippen LogP contribution < -0.4 is 10.2 Å². The van der Waals surface area contributed by atoms with E-state index in [2.05, 4.69) is 10.3 Å². The second-order valence-corrected chi connectivity index (χ2v) is 8.60. The van der Waals surface area contributed by atoms with E-state index in [4.69, 9.17) is 10.00 Å². The molecule has 9 heteroatoms. The number of anilines is 3. The molecule has 2 aromatic carbocycles. The van der Waals surface area contributed by atoms with Crippen molar-refractivity contribution in [2.24, 2.45) is 0 Å².